The van der Waals surface area contributed by atoms with Gasteiger partial charge < -0.3 is 15.4 Å². The molecule has 0 radical (unpaired) electrons. The number of hydrogen-bond acceptors (Lipinski definition) is 6. The lowest BCUT2D eigenvalue weighted by atomic mass is 10.0. The van der Waals surface area contributed by atoms with Gasteiger partial charge in [-0.1, -0.05) is 30.3 Å². The number of alkyl halides is 3. The fraction of sp³-hybridized carbons (Fsp3) is 0.111. The van der Waals surface area contributed by atoms with E-state index >= 15 is 0 Å². The summed E-state index contributed by atoms with van der Waals surface area (Å²) in [4.78, 5) is 33.4. The van der Waals surface area contributed by atoms with Gasteiger partial charge in [-0.15, -0.1) is 0 Å². The van der Waals surface area contributed by atoms with Crippen molar-refractivity contribution in [1.82, 2.24) is 24.7 Å². The number of anilines is 1. The number of carboxylic acid groups (broad SMARTS) is 1. The number of carbonyl (C=O) groups is 2. The third-order valence-electron chi connectivity index (χ3n) is 5.64. The Morgan fingerprint density at radius 2 is 1.85 bits per heavy atom. The molecule has 0 aliphatic rings. The van der Waals surface area contributed by atoms with Crippen LogP contribution in [0.15, 0.2) is 85.6 Å². The molecule has 5 aromatic rings. The van der Waals surface area contributed by atoms with Crippen LogP contribution in [0.3, 0.4) is 0 Å². The van der Waals surface area contributed by atoms with E-state index in [-0.39, 0.29) is 18.4 Å². The molecule has 1 atom stereocenters. The third kappa shape index (κ3) is 6.48. The van der Waals surface area contributed by atoms with Crippen LogP contribution >= 0.6 is 0 Å². The highest BCUT2D eigenvalue weighted by Crippen LogP contribution is 2.28. The zero-order valence-electron chi connectivity index (χ0n) is 20.5. The molecule has 202 valence electrons. The van der Waals surface area contributed by atoms with Crippen molar-refractivity contribution in [1.29, 1.82) is 5.26 Å². The number of fused-ring (bicyclic) bond motifs is 1. The van der Waals surface area contributed by atoms with Crippen LogP contribution in [0.4, 0.5) is 18.9 Å². The van der Waals surface area contributed by atoms with Crippen molar-refractivity contribution in [2.45, 2.75) is 18.6 Å². The number of nitrogens with one attached hydrogen (secondary N) is 2. The maximum absolute atomic E-state index is 12.8. The lowest BCUT2D eigenvalue weighted by Crippen LogP contribution is -2.21. The van der Waals surface area contributed by atoms with Gasteiger partial charge in [0.15, 0.2) is 0 Å². The Balaban J connectivity index is 0.000000470. The van der Waals surface area contributed by atoms with Crippen LogP contribution in [0.2, 0.25) is 0 Å². The number of rotatable bonds is 6. The number of benzene rings is 2. The molecular weight excluding hydrogens is 527 g/mol. The maximum atomic E-state index is 12.8. The van der Waals surface area contributed by atoms with Gasteiger partial charge >= 0.3 is 12.1 Å². The monoisotopic (exact) mass is 547 g/mol. The Morgan fingerprint density at radius 1 is 1.10 bits per heavy atom. The molecule has 0 aliphatic heterocycles. The summed E-state index contributed by atoms with van der Waals surface area (Å²) in [5, 5.41) is 24.9. The molecule has 0 aliphatic carbocycles. The second-order valence-electron chi connectivity index (χ2n) is 8.30. The summed E-state index contributed by atoms with van der Waals surface area (Å²) in [7, 11) is 0. The van der Waals surface area contributed by atoms with Crippen LogP contribution in [-0.4, -0.2) is 47.9 Å². The first-order chi connectivity index (χ1) is 19.2. The van der Waals surface area contributed by atoms with Crippen molar-refractivity contribution >= 4 is 28.6 Å². The number of hydrogen-bond donors (Lipinski definition) is 3. The molecule has 0 saturated carbocycles. The molecule has 5 rings (SSSR count). The fourth-order valence-corrected chi connectivity index (χ4v) is 3.80. The quantitative estimate of drug-likeness (QED) is 0.264. The first-order valence-corrected chi connectivity index (χ1v) is 11.6. The van der Waals surface area contributed by atoms with Crippen LogP contribution in [0.1, 0.15) is 28.4 Å². The van der Waals surface area contributed by atoms with Crippen molar-refractivity contribution in [2.75, 3.05) is 5.32 Å². The van der Waals surface area contributed by atoms with Gasteiger partial charge in [-0.3, -0.25) is 9.48 Å². The Kier molecular flexibility index (Phi) is 8.19. The van der Waals surface area contributed by atoms with Crippen LogP contribution in [-0.2, 0) is 4.79 Å². The van der Waals surface area contributed by atoms with Crippen molar-refractivity contribution < 1.29 is 27.9 Å². The largest absolute Gasteiger partial charge is 0.490 e. The molecule has 3 N–H and O–H groups in total. The minimum atomic E-state index is -5.08. The van der Waals surface area contributed by atoms with Gasteiger partial charge in [-0.05, 0) is 35.9 Å². The van der Waals surface area contributed by atoms with E-state index in [4.69, 9.17) is 9.90 Å². The highest BCUT2D eigenvalue weighted by atomic mass is 19.4. The Morgan fingerprint density at radius 3 is 2.55 bits per heavy atom. The number of nitrogens with zero attached hydrogens (tertiary/aromatic N) is 5. The highest BCUT2D eigenvalue weighted by Gasteiger charge is 2.38. The molecule has 40 heavy (non-hydrogen) atoms. The van der Waals surface area contributed by atoms with E-state index in [0.29, 0.717) is 5.56 Å². The van der Waals surface area contributed by atoms with Crippen LogP contribution in [0, 0.1) is 11.3 Å². The summed E-state index contributed by atoms with van der Waals surface area (Å²) in [6.07, 6.45) is 2.04. The minimum Gasteiger partial charge on any atom is -0.475 e. The molecule has 0 bridgehead atoms. The minimum absolute atomic E-state index is 0.203. The normalized spacial score (nSPS) is 11.7. The number of H-pyrrole nitrogens is 1. The first-order valence-electron chi connectivity index (χ1n) is 11.6. The number of aromatic nitrogens is 5. The molecule has 2 aromatic carbocycles. The first kappa shape index (κ1) is 27.5. The number of halogens is 3. The molecule has 13 heteroatoms. The van der Waals surface area contributed by atoms with Crippen molar-refractivity contribution in [3.8, 4) is 17.3 Å². The van der Waals surface area contributed by atoms with Crippen molar-refractivity contribution in [3.05, 3.63) is 96.7 Å². The highest BCUT2D eigenvalue weighted by molar-refractivity contribution is 6.04. The maximum Gasteiger partial charge on any atom is 0.490 e. The molecule has 0 fully saturated rings. The zero-order valence-corrected chi connectivity index (χ0v) is 20.5. The van der Waals surface area contributed by atoms with E-state index in [1.54, 1.807) is 23.0 Å². The molecular formula is C27H20F3N7O3. The summed E-state index contributed by atoms with van der Waals surface area (Å²) in [6.45, 7) is 0. The Bertz CT molecular complexity index is 1670. The van der Waals surface area contributed by atoms with Gasteiger partial charge in [-0.2, -0.15) is 23.5 Å². The number of amides is 1. The van der Waals surface area contributed by atoms with E-state index in [1.807, 2.05) is 60.9 Å². The third-order valence-corrected chi connectivity index (χ3v) is 5.64. The van der Waals surface area contributed by atoms with E-state index in [9.17, 15) is 23.2 Å². The van der Waals surface area contributed by atoms with Gasteiger partial charge in [0.25, 0.3) is 5.91 Å². The van der Waals surface area contributed by atoms with Crippen LogP contribution in [0.25, 0.3) is 22.3 Å². The summed E-state index contributed by atoms with van der Waals surface area (Å²) in [5.41, 5.74) is 4.39. The van der Waals surface area contributed by atoms with Gasteiger partial charge in [-0.25, -0.2) is 14.8 Å². The van der Waals surface area contributed by atoms with Gasteiger partial charge in [0, 0.05) is 34.6 Å². The van der Waals surface area contributed by atoms with Gasteiger partial charge in [0.05, 0.1) is 30.4 Å². The number of aromatic amines is 1. The molecule has 3 heterocycles. The average molecular weight is 547 g/mol. The second kappa shape index (κ2) is 11.9. The molecule has 0 spiro atoms. The molecule has 10 nitrogen and oxygen atoms in total. The SMILES string of the molecule is N#CCC(c1cccc(C(=O)Nc2ccccc2)c1)n1cc(-c2ncnc3[nH]ccc23)cn1.O=C(O)C(F)(F)F. The number of aliphatic carboxylic acids is 1. The lowest BCUT2D eigenvalue weighted by molar-refractivity contribution is -0.192. The summed E-state index contributed by atoms with van der Waals surface area (Å²) in [5.74, 6) is -2.97. The predicted molar refractivity (Wildman–Crippen MR) is 138 cm³/mol. The summed E-state index contributed by atoms with van der Waals surface area (Å²) in [6, 6.07) is 20.4. The zero-order chi connectivity index (χ0) is 28.7. The van der Waals surface area contributed by atoms with Gasteiger partial charge in [0.2, 0.25) is 0 Å². The summed E-state index contributed by atoms with van der Waals surface area (Å²) < 4.78 is 33.5. The number of carbonyl (C=O) groups excluding carboxylic acids is 1. The topological polar surface area (TPSA) is 150 Å². The van der Waals surface area contributed by atoms with Crippen LogP contribution < -0.4 is 5.32 Å². The van der Waals surface area contributed by atoms with E-state index in [1.165, 1.54) is 6.33 Å². The Labute approximate surface area is 224 Å². The standard InChI is InChI=1S/C25H19N7O.C2HF3O2/c26-11-9-22(17-5-4-6-18(13-17)25(33)31-20-7-2-1-3-8-20)32-15-19(14-30-32)23-21-10-12-27-24(21)29-16-28-23;3-2(4,5)1(6)7/h1-8,10,12-16,22H,9H2,(H,31,33)(H,27,28,29);(H,6,7). The van der Waals surface area contributed by atoms with Crippen molar-refractivity contribution in [3.63, 3.8) is 0 Å². The lowest BCUT2D eigenvalue weighted by Gasteiger charge is -2.16. The predicted octanol–water partition coefficient (Wildman–Crippen LogP) is 5.21. The van der Waals surface area contributed by atoms with E-state index in [0.717, 1.165) is 33.5 Å². The fourth-order valence-electron chi connectivity index (χ4n) is 3.80. The molecule has 3 aromatic heterocycles. The van der Waals surface area contributed by atoms with E-state index in [2.05, 4.69) is 31.4 Å². The molecule has 1 unspecified atom stereocenters. The van der Waals surface area contributed by atoms with Crippen LogP contribution in [0.5, 0.6) is 0 Å². The van der Waals surface area contributed by atoms with Crippen molar-refractivity contribution in [2.24, 2.45) is 0 Å². The molecule has 0 saturated heterocycles. The second-order valence-corrected chi connectivity index (χ2v) is 8.30. The summed E-state index contributed by atoms with van der Waals surface area (Å²) >= 11 is 0. The average Bonchev–Trinajstić information content (AvgIpc) is 3.62. The smallest absolute Gasteiger partial charge is 0.475 e. The molecule has 1 amide bonds. The van der Waals surface area contributed by atoms with E-state index < -0.39 is 12.1 Å². The van der Waals surface area contributed by atoms with Gasteiger partial charge in [0.1, 0.15) is 12.0 Å². The number of nitriles is 1. The number of carboxylic acids is 1. The Hall–Kier alpha value is -5.51. The number of para-hydroxylation sites is 1.